The van der Waals surface area contributed by atoms with Gasteiger partial charge in [0.1, 0.15) is 10.4 Å². The normalized spacial score (nSPS) is 10.4. The van der Waals surface area contributed by atoms with Gasteiger partial charge in [0.25, 0.3) is 0 Å². The van der Waals surface area contributed by atoms with Gasteiger partial charge in [0.2, 0.25) is 0 Å². The monoisotopic (exact) mass is 272 g/mol. The first-order chi connectivity index (χ1) is 6.68. The molecular weight excluding hydrogens is 267 g/mol. The van der Waals surface area contributed by atoms with Gasteiger partial charge < -0.3 is 5.73 Å². The maximum Gasteiger partial charge on any atom is 0.174 e. The molecule has 0 fully saturated rings. The molecule has 0 aliphatic rings. The van der Waals surface area contributed by atoms with E-state index in [-0.39, 0.29) is 0 Å². The molecule has 0 spiro atoms. The molecule has 2 aromatic heterocycles. The lowest BCUT2D eigenvalue weighted by molar-refractivity contribution is 0.848. The maximum absolute atomic E-state index is 5.95. The Balaban J connectivity index is 2.60. The van der Waals surface area contributed by atoms with Crippen LogP contribution in [0.2, 0.25) is 5.02 Å². The molecule has 0 amide bonds. The molecule has 6 heteroatoms. The number of pyridine rings is 1. The third kappa shape index (κ3) is 1.60. The highest BCUT2D eigenvalue weighted by atomic mass is 79.9. The van der Waals surface area contributed by atoms with E-state index in [0.29, 0.717) is 21.3 Å². The molecule has 0 atom stereocenters. The first-order valence-electron chi connectivity index (χ1n) is 3.80. The van der Waals surface area contributed by atoms with Gasteiger partial charge in [-0.3, -0.25) is 0 Å². The number of anilines is 1. The first kappa shape index (κ1) is 9.48. The van der Waals surface area contributed by atoms with Crippen LogP contribution >= 0.6 is 27.5 Å². The minimum Gasteiger partial charge on any atom is -0.383 e. The molecule has 0 unspecified atom stereocenters. The van der Waals surface area contributed by atoms with Gasteiger partial charge >= 0.3 is 0 Å². The van der Waals surface area contributed by atoms with Gasteiger partial charge in [-0.15, -0.1) is 0 Å². The number of hydrogen-bond acceptors (Lipinski definition) is 3. The lowest BCUT2D eigenvalue weighted by Crippen LogP contribution is -2.04. The van der Waals surface area contributed by atoms with E-state index in [2.05, 4.69) is 26.0 Å². The zero-order valence-corrected chi connectivity index (χ0v) is 9.33. The number of halogens is 2. The van der Waals surface area contributed by atoms with Crippen molar-refractivity contribution in [1.29, 1.82) is 0 Å². The Kier molecular flexibility index (Phi) is 2.43. The summed E-state index contributed by atoms with van der Waals surface area (Å²) >= 11 is 9.17. The highest BCUT2D eigenvalue weighted by Gasteiger charge is 2.08. The zero-order chi connectivity index (χ0) is 10.1. The van der Waals surface area contributed by atoms with Crippen LogP contribution in [0.3, 0.4) is 0 Å². The average Bonchev–Trinajstić information content (AvgIpc) is 2.46. The van der Waals surface area contributed by atoms with Gasteiger partial charge in [0.15, 0.2) is 5.82 Å². The van der Waals surface area contributed by atoms with Crippen molar-refractivity contribution in [1.82, 2.24) is 14.8 Å². The lowest BCUT2D eigenvalue weighted by atomic mass is 10.4. The summed E-state index contributed by atoms with van der Waals surface area (Å²) in [6.45, 7) is 0. The quantitative estimate of drug-likeness (QED) is 0.867. The van der Waals surface area contributed by atoms with E-state index in [4.69, 9.17) is 17.3 Å². The Bertz CT molecular complexity index is 468. The SMILES string of the molecule is Nc1cc(Br)nn1-c1ncccc1Cl. The van der Waals surface area contributed by atoms with Crippen LogP contribution in [0.4, 0.5) is 5.82 Å². The highest BCUT2D eigenvalue weighted by molar-refractivity contribution is 9.10. The van der Waals surface area contributed by atoms with E-state index in [1.54, 1.807) is 24.4 Å². The molecule has 0 saturated heterocycles. The number of nitrogens with zero attached hydrogens (tertiary/aromatic N) is 3. The molecule has 2 N–H and O–H groups in total. The first-order valence-corrected chi connectivity index (χ1v) is 4.97. The van der Waals surface area contributed by atoms with Crippen LogP contribution in [0, 0.1) is 0 Å². The van der Waals surface area contributed by atoms with E-state index in [1.807, 2.05) is 0 Å². The summed E-state index contributed by atoms with van der Waals surface area (Å²) in [6, 6.07) is 5.17. The van der Waals surface area contributed by atoms with Crippen molar-refractivity contribution in [3.05, 3.63) is 34.0 Å². The molecule has 0 radical (unpaired) electrons. The Morgan fingerprint density at radius 2 is 2.29 bits per heavy atom. The summed E-state index contributed by atoms with van der Waals surface area (Å²) in [5.41, 5.74) is 5.71. The predicted molar refractivity (Wildman–Crippen MR) is 58.5 cm³/mol. The second-order valence-corrected chi connectivity index (χ2v) is 3.83. The molecule has 0 bridgehead atoms. The molecule has 2 rings (SSSR count). The molecule has 2 aromatic rings. The zero-order valence-electron chi connectivity index (χ0n) is 6.98. The van der Waals surface area contributed by atoms with E-state index < -0.39 is 0 Å². The fourth-order valence-corrected chi connectivity index (χ4v) is 1.66. The lowest BCUT2D eigenvalue weighted by Gasteiger charge is -2.03. The third-order valence-electron chi connectivity index (χ3n) is 1.65. The summed E-state index contributed by atoms with van der Waals surface area (Å²) in [6.07, 6.45) is 1.64. The third-order valence-corrected chi connectivity index (χ3v) is 2.33. The molecule has 14 heavy (non-hydrogen) atoms. The van der Waals surface area contributed by atoms with Crippen molar-refractivity contribution in [2.24, 2.45) is 0 Å². The van der Waals surface area contributed by atoms with Crippen molar-refractivity contribution in [2.75, 3.05) is 5.73 Å². The van der Waals surface area contributed by atoms with Gasteiger partial charge in [-0.05, 0) is 28.1 Å². The Morgan fingerprint density at radius 3 is 2.86 bits per heavy atom. The Morgan fingerprint density at radius 1 is 1.50 bits per heavy atom. The predicted octanol–water partition coefficient (Wildman–Crippen LogP) is 2.27. The molecular formula is C8H6BrClN4. The highest BCUT2D eigenvalue weighted by Crippen LogP contribution is 2.21. The fraction of sp³-hybridized carbons (Fsp3) is 0. The van der Waals surface area contributed by atoms with Crippen LogP contribution in [-0.2, 0) is 0 Å². The Hall–Kier alpha value is -1.07. The maximum atomic E-state index is 5.95. The fourth-order valence-electron chi connectivity index (χ4n) is 1.07. The summed E-state index contributed by atoms with van der Waals surface area (Å²) in [5, 5.41) is 4.61. The van der Waals surface area contributed by atoms with Crippen molar-refractivity contribution in [3.63, 3.8) is 0 Å². The number of hydrogen-bond donors (Lipinski definition) is 1. The summed E-state index contributed by atoms with van der Waals surface area (Å²) in [5.74, 6) is 1.01. The molecule has 2 heterocycles. The van der Waals surface area contributed by atoms with Crippen LogP contribution < -0.4 is 5.73 Å². The minimum atomic E-state index is 0.484. The van der Waals surface area contributed by atoms with Crippen LogP contribution in [-0.4, -0.2) is 14.8 Å². The standard InChI is InChI=1S/C8H6BrClN4/c9-6-4-7(11)14(13-6)8-5(10)2-1-3-12-8/h1-4H,11H2. The topological polar surface area (TPSA) is 56.7 Å². The van der Waals surface area contributed by atoms with E-state index in [0.717, 1.165) is 0 Å². The van der Waals surface area contributed by atoms with Crippen molar-refractivity contribution >= 4 is 33.3 Å². The van der Waals surface area contributed by atoms with Crippen LogP contribution in [0.1, 0.15) is 0 Å². The number of aromatic nitrogens is 3. The van der Waals surface area contributed by atoms with Gasteiger partial charge in [-0.25, -0.2) is 4.98 Å². The average molecular weight is 274 g/mol. The molecule has 0 saturated carbocycles. The van der Waals surface area contributed by atoms with E-state index in [1.165, 1.54) is 4.68 Å². The van der Waals surface area contributed by atoms with Gasteiger partial charge in [0, 0.05) is 12.3 Å². The number of nitrogens with two attached hydrogens (primary N) is 1. The Labute approximate surface area is 93.8 Å². The van der Waals surface area contributed by atoms with Crippen molar-refractivity contribution < 1.29 is 0 Å². The van der Waals surface area contributed by atoms with Gasteiger partial charge in [-0.2, -0.15) is 9.78 Å². The van der Waals surface area contributed by atoms with Gasteiger partial charge in [-0.1, -0.05) is 11.6 Å². The smallest absolute Gasteiger partial charge is 0.174 e. The van der Waals surface area contributed by atoms with Crippen LogP contribution in [0.5, 0.6) is 0 Å². The second-order valence-electron chi connectivity index (χ2n) is 2.61. The largest absolute Gasteiger partial charge is 0.383 e. The summed E-state index contributed by atoms with van der Waals surface area (Å²) in [7, 11) is 0. The van der Waals surface area contributed by atoms with Gasteiger partial charge in [0.05, 0.1) is 5.02 Å². The van der Waals surface area contributed by atoms with E-state index in [9.17, 15) is 0 Å². The number of nitrogen functional groups attached to an aromatic ring is 1. The van der Waals surface area contributed by atoms with Crippen molar-refractivity contribution in [2.45, 2.75) is 0 Å². The molecule has 0 aliphatic carbocycles. The van der Waals surface area contributed by atoms with Crippen LogP contribution in [0.25, 0.3) is 5.82 Å². The minimum absolute atomic E-state index is 0.484. The molecule has 0 aliphatic heterocycles. The molecule has 4 nitrogen and oxygen atoms in total. The van der Waals surface area contributed by atoms with Crippen molar-refractivity contribution in [3.8, 4) is 5.82 Å². The molecule has 0 aromatic carbocycles. The number of rotatable bonds is 1. The van der Waals surface area contributed by atoms with Crippen LogP contribution in [0.15, 0.2) is 29.0 Å². The molecule has 72 valence electrons. The second kappa shape index (κ2) is 3.59. The summed E-state index contributed by atoms with van der Waals surface area (Å²) < 4.78 is 2.13. The van der Waals surface area contributed by atoms with E-state index >= 15 is 0 Å². The summed E-state index contributed by atoms with van der Waals surface area (Å²) in [4.78, 5) is 4.09.